The molecule has 0 saturated carbocycles. The van der Waals surface area contributed by atoms with E-state index in [-0.39, 0.29) is 0 Å². The summed E-state index contributed by atoms with van der Waals surface area (Å²) in [5.41, 5.74) is 8.64. The molecule has 0 unspecified atom stereocenters. The van der Waals surface area contributed by atoms with Crippen LogP contribution in [0.1, 0.15) is 12.6 Å². The van der Waals surface area contributed by atoms with Gasteiger partial charge in [0.2, 0.25) is 0 Å². The van der Waals surface area contributed by atoms with Crippen LogP contribution in [0.5, 0.6) is 0 Å². The molecule has 0 spiro atoms. The van der Waals surface area contributed by atoms with Crippen LogP contribution in [0.15, 0.2) is 121 Å². The lowest BCUT2D eigenvalue weighted by molar-refractivity contribution is 0.951. The van der Waals surface area contributed by atoms with E-state index in [0.29, 0.717) is 0 Å². The molecule has 0 atom stereocenters. The van der Waals surface area contributed by atoms with Gasteiger partial charge in [-0.1, -0.05) is 116 Å². The molecule has 0 saturated heterocycles. The van der Waals surface area contributed by atoms with Gasteiger partial charge in [-0.3, -0.25) is 0 Å². The Balaban J connectivity index is 1.85. The average molecular weight is 452 g/mol. The van der Waals surface area contributed by atoms with Gasteiger partial charge in [0.1, 0.15) is 11.4 Å². The number of aryl methyl sites for hydroxylation is 1. The van der Waals surface area contributed by atoms with Crippen LogP contribution in [0.2, 0.25) is 0 Å². The van der Waals surface area contributed by atoms with E-state index in [1.54, 1.807) is 0 Å². The van der Waals surface area contributed by atoms with E-state index in [9.17, 15) is 0 Å². The fourth-order valence-corrected chi connectivity index (χ4v) is 4.97. The van der Waals surface area contributed by atoms with Crippen molar-refractivity contribution in [3.8, 4) is 39.5 Å². The molecule has 3 heteroatoms. The van der Waals surface area contributed by atoms with Crippen LogP contribution >= 0.6 is 0 Å². The van der Waals surface area contributed by atoms with Gasteiger partial charge in [-0.2, -0.15) is 0 Å². The standard InChI is InChI=1S/C32H25N3/c1-2-27-28-29(32(25-19-11-5-12-20-25)35(27)26-21-13-6-14-22-26)31(24-17-9-4-10-18-24)34-33-30(28)23-15-7-3-8-16-23/h3-22H,2H2,1H3. The van der Waals surface area contributed by atoms with Crippen molar-refractivity contribution in [2.45, 2.75) is 13.3 Å². The van der Waals surface area contributed by atoms with E-state index in [1.807, 2.05) is 12.1 Å². The molecule has 0 N–H and O–H groups in total. The second-order valence-electron chi connectivity index (χ2n) is 8.57. The van der Waals surface area contributed by atoms with E-state index in [4.69, 9.17) is 10.2 Å². The van der Waals surface area contributed by atoms with Gasteiger partial charge in [-0.25, -0.2) is 0 Å². The summed E-state index contributed by atoms with van der Waals surface area (Å²) in [5.74, 6) is 0. The molecule has 4 aromatic carbocycles. The van der Waals surface area contributed by atoms with Crippen molar-refractivity contribution in [2.24, 2.45) is 0 Å². The number of rotatable bonds is 5. The summed E-state index contributed by atoms with van der Waals surface area (Å²) in [6, 6.07) is 42.0. The maximum absolute atomic E-state index is 4.86. The van der Waals surface area contributed by atoms with Crippen LogP contribution in [0.4, 0.5) is 0 Å². The van der Waals surface area contributed by atoms with Gasteiger partial charge in [0.25, 0.3) is 0 Å². The van der Waals surface area contributed by atoms with Gasteiger partial charge >= 0.3 is 0 Å². The number of aromatic nitrogens is 3. The number of hydrogen-bond donors (Lipinski definition) is 0. The lowest BCUT2D eigenvalue weighted by atomic mass is 9.98. The number of nitrogens with zero attached hydrogens (tertiary/aromatic N) is 3. The number of hydrogen-bond acceptors (Lipinski definition) is 2. The zero-order valence-electron chi connectivity index (χ0n) is 19.6. The van der Waals surface area contributed by atoms with Crippen LogP contribution in [0.25, 0.3) is 50.2 Å². The smallest absolute Gasteiger partial charge is 0.103 e. The van der Waals surface area contributed by atoms with E-state index < -0.39 is 0 Å². The average Bonchev–Trinajstić information content (AvgIpc) is 3.30. The highest BCUT2D eigenvalue weighted by Gasteiger charge is 2.26. The van der Waals surface area contributed by atoms with Crippen LogP contribution in [-0.4, -0.2) is 14.8 Å². The lowest BCUT2D eigenvalue weighted by Gasteiger charge is -2.14. The Bertz CT molecular complexity index is 1590. The van der Waals surface area contributed by atoms with E-state index in [0.717, 1.165) is 56.7 Å². The molecule has 168 valence electrons. The minimum absolute atomic E-state index is 0.859. The van der Waals surface area contributed by atoms with Gasteiger partial charge in [-0.15, -0.1) is 10.2 Å². The van der Waals surface area contributed by atoms with Crippen molar-refractivity contribution >= 4 is 10.8 Å². The summed E-state index contributed by atoms with van der Waals surface area (Å²) in [4.78, 5) is 0. The van der Waals surface area contributed by atoms with Gasteiger partial charge in [0.05, 0.1) is 5.69 Å². The normalized spacial score (nSPS) is 11.1. The SMILES string of the molecule is CCc1c2c(-c3ccccc3)nnc(-c3ccccc3)c2c(-c2ccccc2)n1-c1ccccc1. The zero-order chi connectivity index (χ0) is 23.6. The van der Waals surface area contributed by atoms with Crippen molar-refractivity contribution in [1.82, 2.24) is 14.8 Å². The Morgan fingerprint density at radius 2 is 0.943 bits per heavy atom. The molecular weight excluding hydrogens is 426 g/mol. The first kappa shape index (κ1) is 21.1. The third-order valence-corrected chi connectivity index (χ3v) is 6.48. The van der Waals surface area contributed by atoms with Crippen LogP contribution in [0, 0.1) is 0 Å². The second-order valence-corrected chi connectivity index (χ2v) is 8.57. The van der Waals surface area contributed by atoms with Crippen LogP contribution < -0.4 is 0 Å². The van der Waals surface area contributed by atoms with E-state index in [1.165, 1.54) is 5.69 Å². The van der Waals surface area contributed by atoms with Crippen molar-refractivity contribution < 1.29 is 0 Å². The number of benzene rings is 4. The molecular formula is C32H25N3. The quantitative estimate of drug-likeness (QED) is 0.266. The maximum atomic E-state index is 4.86. The van der Waals surface area contributed by atoms with Gasteiger partial charge in [-0.05, 0) is 24.1 Å². The van der Waals surface area contributed by atoms with Gasteiger partial charge < -0.3 is 4.57 Å². The zero-order valence-corrected chi connectivity index (χ0v) is 19.6. The monoisotopic (exact) mass is 451 g/mol. The Kier molecular flexibility index (Phi) is 5.44. The predicted octanol–water partition coefficient (Wildman–Crippen LogP) is 7.98. The first-order valence-corrected chi connectivity index (χ1v) is 12.0. The minimum Gasteiger partial charge on any atom is -0.312 e. The third-order valence-electron chi connectivity index (χ3n) is 6.48. The van der Waals surface area contributed by atoms with Crippen LogP contribution in [0.3, 0.4) is 0 Å². The molecule has 6 rings (SSSR count). The molecule has 0 fully saturated rings. The Morgan fingerprint density at radius 3 is 1.43 bits per heavy atom. The van der Waals surface area contributed by atoms with Gasteiger partial charge in [0.15, 0.2) is 0 Å². The van der Waals surface area contributed by atoms with Crippen molar-refractivity contribution in [1.29, 1.82) is 0 Å². The molecule has 0 aliphatic rings. The highest BCUT2D eigenvalue weighted by molar-refractivity contribution is 6.11. The molecule has 35 heavy (non-hydrogen) atoms. The summed E-state index contributed by atoms with van der Waals surface area (Å²) in [6.45, 7) is 2.22. The molecule has 2 aromatic heterocycles. The molecule has 6 aromatic rings. The fourth-order valence-electron chi connectivity index (χ4n) is 4.97. The second kappa shape index (κ2) is 9.03. The van der Waals surface area contributed by atoms with E-state index >= 15 is 0 Å². The third kappa shape index (κ3) is 3.62. The largest absolute Gasteiger partial charge is 0.312 e. The summed E-state index contributed by atoms with van der Waals surface area (Å²) in [5, 5.41) is 12.0. The summed E-state index contributed by atoms with van der Waals surface area (Å²) >= 11 is 0. The minimum atomic E-state index is 0.859. The molecule has 0 radical (unpaired) electrons. The summed E-state index contributed by atoms with van der Waals surface area (Å²) in [6.07, 6.45) is 0.859. The van der Waals surface area contributed by atoms with Crippen molar-refractivity contribution in [2.75, 3.05) is 0 Å². The number of para-hydroxylation sites is 1. The predicted molar refractivity (Wildman–Crippen MR) is 145 cm³/mol. The molecule has 0 bridgehead atoms. The van der Waals surface area contributed by atoms with Gasteiger partial charge in [0, 0.05) is 33.3 Å². The Labute approximate surface area is 205 Å². The first-order valence-electron chi connectivity index (χ1n) is 12.0. The topological polar surface area (TPSA) is 30.7 Å². The molecule has 0 aliphatic heterocycles. The molecule has 3 nitrogen and oxygen atoms in total. The summed E-state index contributed by atoms with van der Waals surface area (Å²) < 4.78 is 2.40. The Morgan fingerprint density at radius 1 is 0.514 bits per heavy atom. The fraction of sp³-hybridized carbons (Fsp3) is 0.0625. The van der Waals surface area contributed by atoms with E-state index in [2.05, 4.69) is 121 Å². The molecule has 0 aliphatic carbocycles. The van der Waals surface area contributed by atoms with Crippen molar-refractivity contribution in [3.63, 3.8) is 0 Å². The maximum Gasteiger partial charge on any atom is 0.103 e. The van der Waals surface area contributed by atoms with Crippen molar-refractivity contribution in [3.05, 3.63) is 127 Å². The molecule has 2 heterocycles. The Hall–Kier alpha value is -4.50. The number of fused-ring (bicyclic) bond motifs is 1. The first-order chi connectivity index (χ1) is 17.4. The highest BCUT2D eigenvalue weighted by Crippen LogP contribution is 2.44. The lowest BCUT2D eigenvalue weighted by Crippen LogP contribution is -2.01. The molecule has 0 amide bonds. The highest BCUT2D eigenvalue weighted by atomic mass is 15.1. The summed E-state index contributed by atoms with van der Waals surface area (Å²) in [7, 11) is 0. The van der Waals surface area contributed by atoms with Crippen LogP contribution in [-0.2, 0) is 6.42 Å².